The fourth-order valence-corrected chi connectivity index (χ4v) is 2.08. The maximum absolute atomic E-state index is 13.3. The second-order valence-electron chi connectivity index (χ2n) is 4.22. The molecule has 2 rings (SSSR count). The van der Waals surface area contributed by atoms with Gasteiger partial charge in [-0.1, -0.05) is 6.07 Å². The molecule has 0 spiro atoms. The van der Waals surface area contributed by atoms with Crippen LogP contribution in [0.1, 0.15) is 24.8 Å². The van der Waals surface area contributed by atoms with Gasteiger partial charge < -0.3 is 10.4 Å². The van der Waals surface area contributed by atoms with E-state index >= 15 is 0 Å². The lowest BCUT2D eigenvalue weighted by Crippen LogP contribution is -2.35. The molecule has 0 amide bonds. The van der Waals surface area contributed by atoms with Crippen molar-refractivity contribution in [1.82, 2.24) is 5.32 Å². The van der Waals surface area contributed by atoms with Crippen LogP contribution in [-0.2, 0) is 6.54 Å². The van der Waals surface area contributed by atoms with Crippen LogP contribution in [0.3, 0.4) is 0 Å². The van der Waals surface area contributed by atoms with Crippen LogP contribution in [0.2, 0.25) is 0 Å². The van der Waals surface area contributed by atoms with Crippen molar-refractivity contribution in [3.63, 3.8) is 0 Å². The molecule has 88 valence electrons. The van der Waals surface area contributed by atoms with Crippen molar-refractivity contribution in [2.75, 3.05) is 0 Å². The molecule has 2 N–H and O–H groups in total. The van der Waals surface area contributed by atoms with E-state index in [4.69, 9.17) is 0 Å². The summed E-state index contributed by atoms with van der Waals surface area (Å²) >= 11 is 0. The van der Waals surface area contributed by atoms with Gasteiger partial charge in [0.15, 0.2) is 0 Å². The number of rotatable bonds is 3. The summed E-state index contributed by atoms with van der Waals surface area (Å²) in [5, 5.41) is 12.7. The van der Waals surface area contributed by atoms with Gasteiger partial charge in [-0.3, -0.25) is 0 Å². The van der Waals surface area contributed by atoms with E-state index in [1.165, 1.54) is 12.1 Å². The lowest BCUT2D eigenvalue weighted by molar-refractivity contribution is 0.148. The Morgan fingerprint density at radius 2 is 2.12 bits per heavy atom. The van der Waals surface area contributed by atoms with Crippen LogP contribution >= 0.6 is 0 Å². The second kappa shape index (κ2) is 4.89. The van der Waals surface area contributed by atoms with E-state index in [0.29, 0.717) is 12.1 Å². The molecule has 0 bridgehead atoms. The van der Waals surface area contributed by atoms with E-state index in [1.54, 1.807) is 0 Å². The zero-order valence-electron chi connectivity index (χ0n) is 8.92. The smallest absolute Gasteiger partial charge is 0.130 e. The Hall–Kier alpha value is -1.00. The molecule has 1 aromatic carbocycles. The minimum atomic E-state index is -0.567. The van der Waals surface area contributed by atoms with Crippen molar-refractivity contribution >= 4 is 0 Å². The average Bonchev–Trinajstić information content (AvgIpc) is 2.63. The van der Waals surface area contributed by atoms with Crippen LogP contribution in [0.4, 0.5) is 8.78 Å². The van der Waals surface area contributed by atoms with Gasteiger partial charge in [-0.15, -0.1) is 0 Å². The summed E-state index contributed by atoms with van der Waals surface area (Å²) in [7, 11) is 0. The normalized spacial score (nSPS) is 24.9. The molecule has 2 unspecified atom stereocenters. The summed E-state index contributed by atoms with van der Waals surface area (Å²) < 4.78 is 25.9. The third-order valence-corrected chi connectivity index (χ3v) is 3.05. The SMILES string of the molecule is OC1CCCC1NCc1ccc(F)cc1F. The molecule has 1 aromatic rings. The Morgan fingerprint density at radius 1 is 1.31 bits per heavy atom. The topological polar surface area (TPSA) is 32.3 Å². The lowest BCUT2D eigenvalue weighted by Gasteiger charge is -2.16. The first-order valence-electron chi connectivity index (χ1n) is 5.52. The summed E-state index contributed by atoms with van der Waals surface area (Å²) in [5.74, 6) is -1.11. The summed E-state index contributed by atoms with van der Waals surface area (Å²) in [4.78, 5) is 0. The van der Waals surface area contributed by atoms with Crippen molar-refractivity contribution in [2.45, 2.75) is 38.0 Å². The van der Waals surface area contributed by atoms with Crippen LogP contribution < -0.4 is 5.32 Å². The first-order valence-corrected chi connectivity index (χ1v) is 5.52. The van der Waals surface area contributed by atoms with Crippen LogP contribution in [0.5, 0.6) is 0 Å². The van der Waals surface area contributed by atoms with Gasteiger partial charge in [0.25, 0.3) is 0 Å². The van der Waals surface area contributed by atoms with Gasteiger partial charge >= 0.3 is 0 Å². The summed E-state index contributed by atoms with van der Waals surface area (Å²) in [6, 6.07) is 3.58. The van der Waals surface area contributed by atoms with Gasteiger partial charge in [0.2, 0.25) is 0 Å². The average molecular weight is 227 g/mol. The van der Waals surface area contributed by atoms with Gasteiger partial charge in [-0.05, 0) is 25.3 Å². The molecule has 16 heavy (non-hydrogen) atoms. The van der Waals surface area contributed by atoms with Crippen molar-refractivity contribution in [3.05, 3.63) is 35.4 Å². The zero-order chi connectivity index (χ0) is 11.5. The highest BCUT2D eigenvalue weighted by Crippen LogP contribution is 2.19. The maximum atomic E-state index is 13.3. The predicted molar refractivity (Wildman–Crippen MR) is 56.8 cm³/mol. The molecule has 2 atom stereocenters. The molecule has 0 radical (unpaired) electrons. The molecular formula is C12H15F2NO. The lowest BCUT2D eigenvalue weighted by atomic mass is 10.1. The Balaban J connectivity index is 1.94. The van der Waals surface area contributed by atoms with Crippen LogP contribution in [0.15, 0.2) is 18.2 Å². The number of halogens is 2. The summed E-state index contributed by atoms with van der Waals surface area (Å²) in [6.45, 7) is 0.327. The Kier molecular flexibility index (Phi) is 3.51. The van der Waals surface area contributed by atoms with Crippen molar-refractivity contribution in [1.29, 1.82) is 0 Å². The first-order chi connectivity index (χ1) is 7.66. The highest BCUT2D eigenvalue weighted by molar-refractivity contribution is 5.18. The van der Waals surface area contributed by atoms with Crippen LogP contribution in [0, 0.1) is 11.6 Å². The molecule has 1 aliphatic carbocycles. The molecule has 0 aromatic heterocycles. The van der Waals surface area contributed by atoms with Gasteiger partial charge in [0.1, 0.15) is 11.6 Å². The molecule has 0 heterocycles. The fraction of sp³-hybridized carbons (Fsp3) is 0.500. The summed E-state index contributed by atoms with van der Waals surface area (Å²) in [5.41, 5.74) is 0.431. The monoisotopic (exact) mass is 227 g/mol. The standard InChI is InChI=1S/C12H15F2NO/c13-9-5-4-8(10(14)6-9)7-15-11-2-1-3-12(11)16/h4-6,11-12,15-16H,1-3,7H2. The van der Waals surface area contributed by atoms with Crippen molar-refractivity contribution in [2.24, 2.45) is 0 Å². The van der Waals surface area contributed by atoms with Crippen LogP contribution in [-0.4, -0.2) is 17.3 Å². The molecule has 1 fully saturated rings. The third-order valence-electron chi connectivity index (χ3n) is 3.05. The van der Waals surface area contributed by atoms with E-state index in [1.807, 2.05) is 0 Å². The quantitative estimate of drug-likeness (QED) is 0.827. The van der Waals surface area contributed by atoms with Crippen molar-refractivity contribution in [3.8, 4) is 0 Å². The minimum absolute atomic E-state index is 0.0319. The highest BCUT2D eigenvalue weighted by atomic mass is 19.1. The van der Waals surface area contributed by atoms with E-state index < -0.39 is 11.6 Å². The molecule has 2 nitrogen and oxygen atoms in total. The van der Waals surface area contributed by atoms with Crippen LogP contribution in [0.25, 0.3) is 0 Å². The largest absolute Gasteiger partial charge is 0.392 e. The fourth-order valence-electron chi connectivity index (χ4n) is 2.08. The van der Waals surface area contributed by atoms with Crippen molar-refractivity contribution < 1.29 is 13.9 Å². The number of hydrogen-bond donors (Lipinski definition) is 2. The van der Waals surface area contributed by atoms with Gasteiger partial charge in [-0.25, -0.2) is 8.78 Å². The number of nitrogens with one attached hydrogen (secondary N) is 1. The van der Waals surface area contributed by atoms with E-state index in [0.717, 1.165) is 25.3 Å². The zero-order valence-corrected chi connectivity index (χ0v) is 8.92. The Morgan fingerprint density at radius 3 is 2.75 bits per heavy atom. The minimum Gasteiger partial charge on any atom is -0.392 e. The van der Waals surface area contributed by atoms with Gasteiger partial charge in [0.05, 0.1) is 6.10 Å². The van der Waals surface area contributed by atoms with E-state index in [-0.39, 0.29) is 12.1 Å². The molecule has 0 aliphatic heterocycles. The second-order valence-corrected chi connectivity index (χ2v) is 4.22. The molecule has 4 heteroatoms. The number of aliphatic hydroxyl groups excluding tert-OH is 1. The third kappa shape index (κ3) is 2.57. The Bertz CT molecular complexity index is 370. The maximum Gasteiger partial charge on any atom is 0.130 e. The van der Waals surface area contributed by atoms with Gasteiger partial charge in [0, 0.05) is 24.2 Å². The van der Waals surface area contributed by atoms with E-state index in [9.17, 15) is 13.9 Å². The highest BCUT2D eigenvalue weighted by Gasteiger charge is 2.24. The van der Waals surface area contributed by atoms with E-state index in [2.05, 4.69) is 5.32 Å². The molecule has 1 aliphatic rings. The van der Waals surface area contributed by atoms with Gasteiger partial charge in [-0.2, -0.15) is 0 Å². The molecular weight excluding hydrogens is 212 g/mol. The Labute approximate surface area is 93.3 Å². The first kappa shape index (κ1) is 11.5. The molecule has 0 saturated heterocycles. The number of benzene rings is 1. The number of aliphatic hydroxyl groups is 1. The number of hydrogen-bond acceptors (Lipinski definition) is 2. The summed E-state index contributed by atoms with van der Waals surface area (Å²) in [6.07, 6.45) is 2.35. The molecule has 1 saturated carbocycles. The predicted octanol–water partition coefficient (Wildman–Crippen LogP) is 1.97.